The van der Waals surface area contributed by atoms with Crippen LogP contribution in [0.25, 0.3) is 0 Å². The minimum atomic E-state index is -4.07. The molecule has 0 atom stereocenters. The highest BCUT2D eigenvalue weighted by Crippen LogP contribution is 2.34. The molecule has 1 fully saturated rings. The summed E-state index contributed by atoms with van der Waals surface area (Å²) in [6.45, 7) is 2.10. The fraction of sp³-hybridized carbons (Fsp3) is 0.462. The van der Waals surface area contributed by atoms with Gasteiger partial charge >= 0.3 is 0 Å². The minimum absolute atomic E-state index is 0.0591. The zero-order chi connectivity index (χ0) is 15.8. The molecule has 5 nitrogen and oxygen atoms in total. The van der Waals surface area contributed by atoms with Gasteiger partial charge in [-0.3, -0.25) is 4.79 Å². The van der Waals surface area contributed by atoms with E-state index in [1.54, 1.807) is 0 Å². The van der Waals surface area contributed by atoms with Crippen LogP contribution in [0, 0.1) is 5.92 Å². The third-order valence-electron chi connectivity index (χ3n) is 3.44. The molecule has 0 unspecified atom stereocenters. The molecule has 0 saturated heterocycles. The number of benzene rings is 1. The molecule has 1 aliphatic rings. The summed E-state index contributed by atoms with van der Waals surface area (Å²) < 4.78 is 28.2. The van der Waals surface area contributed by atoms with Crippen molar-refractivity contribution in [3.05, 3.63) is 22.7 Å². The van der Waals surface area contributed by atoms with Gasteiger partial charge in [-0.05, 0) is 30.9 Å². The predicted molar refractivity (Wildman–Crippen MR) is 80.7 cm³/mol. The van der Waals surface area contributed by atoms with Crippen molar-refractivity contribution < 1.29 is 17.9 Å². The van der Waals surface area contributed by atoms with Crippen molar-refractivity contribution >= 4 is 37.2 Å². The molecule has 0 bridgehead atoms. The number of nitrogens with one attached hydrogen (secondary N) is 1. The van der Waals surface area contributed by atoms with Crippen LogP contribution in [0.15, 0.2) is 17.0 Å². The van der Waals surface area contributed by atoms with Crippen molar-refractivity contribution in [1.82, 2.24) is 5.32 Å². The third kappa shape index (κ3) is 3.62. The Balaban J connectivity index is 2.38. The molecule has 0 aromatic heterocycles. The number of carbonyl (C=O) groups is 1. The molecule has 8 heteroatoms. The lowest BCUT2D eigenvalue weighted by molar-refractivity contribution is 0.0892. The zero-order valence-corrected chi connectivity index (χ0v) is 13.8. The molecule has 1 N–H and O–H groups in total. The van der Waals surface area contributed by atoms with E-state index in [1.165, 1.54) is 13.2 Å². The normalized spacial score (nSPS) is 21.5. The topological polar surface area (TPSA) is 72.5 Å². The highest BCUT2D eigenvalue weighted by Gasteiger charge is 2.29. The first-order valence-corrected chi connectivity index (χ1v) is 9.04. The van der Waals surface area contributed by atoms with Crippen molar-refractivity contribution in [3.8, 4) is 5.75 Å². The Morgan fingerprint density at radius 3 is 2.48 bits per heavy atom. The van der Waals surface area contributed by atoms with Gasteiger partial charge in [0.2, 0.25) is 0 Å². The first-order chi connectivity index (χ1) is 9.72. The van der Waals surface area contributed by atoms with Crippen molar-refractivity contribution in [2.75, 3.05) is 7.11 Å². The van der Waals surface area contributed by atoms with E-state index in [0.29, 0.717) is 5.92 Å². The van der Waals surface area contributed by atoms with E-state index in [2.05, 4.69) is 12.2 Å². The summed E-state index contributed by atoms with van der Waals surface area (Å²) in [6.07, 6.45) is 1.80. The summed E-state index contributed by atoms with van der Waals surface area (Å²) in [5.41, 5.74) is 0.0591. The van der Waals surface area contributed by atoms with Gasteiger partial charge in [-0.25, -0.2) is 8.42 Å². The molecule has 0 aliphatic heterocycles. The molecule has 1 aromatic carbocycles. The third-order valence-corrected chi connectivity index (χ3v) is 4.99. The highest BCUT2D eigenvalue weighted by molar-refractivity contribution is 8.13. The SMILES string of the molecule is COc1c(C(=O)NC2CC(C)C2)cc(Cl)cc1S(=O)(=O)Cl. The van der Waals surface area contributed by atoms with E-state index in [-0.39, 0.29) is 27.3 Å². The monoisotopic (exact) mass is 351 g/mol. The van der Waals surface area contributed by atoms with Crippen LogP contribution in [0.2, 0.25) is 5.02 Å². The van der Waals surface area contributed by atoms with Gasteiger partial charge < -0.3 is 10.1 Å². The number of amides is 1. The Labute approximate surface area is 133 Å². The average Bonchev–Trinajstić information content (AvgIpc) is 2.34. The van der Waals surface area contributed by atoms with Gasteiger partial charge in [0.05, 0.1) is 12.7 Å². The van der Waals surface area contributed by atoms with Gasteiger partial charge in [0.15, 0.2) is 5.75 Å². The molecular weight excluding hydrogens is 337 g/mol. The largest absolute Gasteiger partial charge is 0.494 e. The van der Waals surface area contributed by atoms with Gasteiger partial charge in [-0.2, -0.15) is 0 Å². The Hall–Kier alpha value is -0.980. The number of methoxy groups -OCH3 is 1. The molecule has 1 amide bonds. The predicted octanol–water partition coefficient (Wildman–Crippen LogP) is 2.80. The summed E-state index contributed by atoms with van der Waals surface area (Å²) in [5.74, 6) is 0.0578. The summed E-state index contributed by atoms with van der Waals surface area (Å²) in [6, 6.07) is 2.61. The standard InChI is InChI=1S/C13H15Cl2NO4S/c1-7-3-9(4-7)16-13(17)10-5-8(14)6-11(12(10)20-2)21(15,18)19/h5-7,9H,3-4H2,1-2H3,(H,16,17). The summed E-state index contributed by atoms with van der Waals surface area (Å²) in [5, 5.41) is 2.93. The lowest BCUT2D eigenvalue weighted by Crippen LogP contribution is -2.43. The molecule has 0 heterocycles. The number of hydrogen-bond donors (Lipinski definition) is 1. The first-order valence-electron chi connectivity index (χ1n) is 6.35. The quantitative estimate of drug-likeness (QED) is 0.846. The molecule has 1 aromatic rings. The maximum Gasteiger partial charge on any atom is 0.265 e. The van der Waals surface area contributed by atoms with Gasteiger partial charge in [0, 0.05) is 21.7 Å². The second-order valence-electron chi connectivity index (χ2n) is 5.17. The van der Waals surface area contributed by atoms with Crippen LogP contribution in [0.5, 0.6) is 5.75 Å². The Morgan fingerprint density at radius 2 is 2.00 bits per heavy atom. The van der Waals surface area contributed by atoms with Crippen molar-refractivity contribution in [2.24, 2.45) is 5.92 Å². The Kier molecular flexibility index (Phi) is 4.70. The van der Waals surface area contributed by atoms with Gasteiger partial charge in [0.1, 0.15) is 4.90 Å². The Morgan fingerprint density at radius 1 is 1.38 bits per heavy atom. The second kappa shape index (κ2) is 6.02. The van der Waals surface area contributed by atoms with E-state index >= 15 is 0 Å². The summed E-state index contributed by atoms with van der Waals surface area (Å²) >= 11 is 5.88. The van der Waals surface area contributed by atoms with Crippen molar-refractivity contribution in [1.29, 1.82) is 0 Å². The average molecular weight is 352 g/mol. The molecule has 116 valence electrons. The summed E-state index contributed by atoms with van der Waals surface area (Å²) in [7, 11) is 2.56. The second-order valence-corrected chi connectivity index (χ2v) is 8.14. The lowest BCUT2D eigenvalue weighted by Gasteiger charge is -2.33. The maximum atomic E-state index is 12.3. The van der Waals surface area contributed by atoms with E-state index in [0.717, 1.165) is 18.9 Å². The van der Waals surface area contributed by atoms with E-state index in [1.807, 2.05) is 0 Å². The first kappa shape index (κ1) is 16.4. The van der Waals surface area contributed by atoms with Crippen LogP contribution < -0.4 is 10.1 Å². The van der Waals surface area contributed by atoms with E-state index in [4.69, 9.17) is 27.0 Å². The highest BCUT2D eigenvalue weighted by atomic mass is 35.7. The van der Waals surface area contributed by atoms with Crippen LogP contribution >= 0.6 is 22.3 Å². The number of carbonyl (C=O) groups excluding carboxylic acids is 1. The Bertz CT molecular complexity index is 669. The molecule has 2 rings (SSSR count). The molecule has 1 aliphatic carbocycles. The van der Waals surface area contributed by atoms with Gasteiger partial charge in [-0.15, -0.1) is 0 Å². The van der Waals surface area contributed by atoms with Crippen molar-refractivity contribution in [2.45, 2.75) is 30.7 Å². The molecule has 1 saturated carbocycles. The maximum absolute atomic E-state index is 12.3. The van der Waals surface area contributed by atoms with Crippen LogP contribution in [0.1, 0.15) is 30.1 Å². The van der Waals surface area contributed by atoms with Crippen LogP contribution in [0.3, 0.4) is 0 Å². The lowest BCUT2D eigenvalue weighted by atomic mass is 9.82. The van der Waals surface area contributed by atoms with E-state index < -0.39 is 15.0 Å². The summed E-state index contributed by atoms with van der Waals surface area (Å²) in [4.78, 5) is 12.0. The van der Waals surface area contributed by atoms with Gasteiger partial charge in [-0.1, -0.05) is 18.5 Å². The fourth-order valence-corrected chi connectivity index (χ4v) is 3.72. The van der Waals surface area contributed by atoms with Crippen LogP contribution in [-0.2, 0) is 9.05 Å². The van der Waals surface area contributed by atoms with E-state index in [9.17, 15) is 13.2 Å². The molecule has 0 radical (unpaired) electrons. The van der Waals surface area contributed by atoms with Crippen LogP contribution in [-0.4, -0.2) is 27.5 Å². The zero-order valence-electron chi connectivity index (χ0n) is 11.5. The molecule has 21 heavy (non-hydrogen) atoms. The molecule has 0 spiro atoms. The fourth-order valence-electron chi connectivity index (χ4n) is 2.41. The molecular formula is C13H15Cl2NO4S. The number of hydrogen-bond acceptors (Lipinski definition) is 4. The van der Waals surface area contributed by atoms with Crippen LogP contribution in [0.4, 0.5) is 0 Å². The van der Waals surface area contributed by atoms with Gasteiger partial charge in [0.25, 0.3) is 15.0 Å². The number of ether oxygens (including phenoxy) is 1. The number of rotatable bonds is 4. The van der Waals surface area contributed by atoms with Crippen molar-refractivity contribution in [3.63, 3.8) is 0 Å². The minimum Gasteiger partial charge on any atom is -0.494 e. The smallest absolute Gasteiger partial charge is 0.265 e. The number of halogens is 2.